The largest absolute Gasteiger partial charge is 0.507 e. The van der Waals surface area contributed by atoms with Crippen LogP contribution < -0.4 is 0 Å². The van der Waals surface area contributed by atoms with Gasteiger partial charge in [-0.05, 0) is 57.6 Å². The van der Waals surface area contributed by atoms with Crippen LogP contribution in [0.15, 0.2) is 91.4 Å². The average molecular weight is 667 g/mol. The maximum absolute atomic E-state index is 13.5. The summed E-state index contributed by atoms with van der Waals surface area (Å²) in [6.07, 6.45) is 5.37. The number of hydrogen-bond acceptors (Lipinski definition) is 3. The minimum atomic E-state index is -0.214. The summed E-state index contributed by atoms with van der Waals surface area (Å²) in [5.74, 6) is 0.823. The van der Waals surface area contributed by atoms with E-state index in [9.17, 15) is 9.50 Å². The van der Waals surface area contributed by atoms with E-state index in [1.165, 1.54) is 11.6 Å². The van der Waals surface area contributed by atoms with Gasteiger partial charge in [-0.2, -0.15) is 0 Å². The molecular weight excluding hydrogens is 642 g/mol. The molecule has 0 unspecified atom stereocenters. The Kier molecular flexibility index (Phi) is 7.82. The van der Waals surface area contributed by atoms with Crippen molar-refractivity contribution < 1.29 is 29.6 Å². The summed E-state index contributed by atoms with van der Waals surface area (Å²) in [6, 6.07) is 25.6. The van der Waals surface area contributed by atoms with Gasteiger partial charge in [-0.3, -0.25) is 0 Å². The SMILES string of the molecule is Cc1[c-]c(-c2nccc3c2ccc2cc(F)ccc23)cc(C)c1.Cn1ccnc1-c1ccccc1O.[Ir]. The number of fused-ring (bicyclic) bond motifs is 3. The van der Waals surface area contributed by atoms with Crippen LogP contribution in [-0.2, 0) is 27.2 Å². The average Bonchev–Trinajstić information content (AvgIpc) is 3.29. The van der Waals surface area contributed by atoms with E-state index in [1.54, 1.807) is 24.4 Å². The molecule has 187 valence electrons. The number of aromatic hydroxyl groups is 1. The van der Waals surface area contributed by atoms with Crippen LogP contribution in [0.5, 0.6) is 5.75 Å². The van der Waals surface area contributed by atoms with E-state index < -0.39 is 0 Å². The van der Waals surface area contributed by atoms with Crippen molar-refractivity contribution in [2.24, 2.45) is 7.05 Å². The summed E-state index contributed by atoms with van der Waals surface area (Å²) >= 11 is 0. The molecule has 4 aromatic carbocycles. The number of phenols is 1. The molecule has 0 aliphatic rings. The Balaban J connectivity index is 0.000000195. The van der Waals surface area contributed by atoms with Gasteiger partial charge in [0.05, 0.1) is 5.56 Å². The molecule has 1 radical (unpaired) electrons. The summed E-state index contributed by atoms with van der Waals surface area (Å²) in [5, 5.41) is 13.6. The zero-order valence-corrected chi connectivity index (χ0v) is 23.1. The van der Waals surface area contributed by atoms with Gasteiger partial charge in [0.15, 0.2) is 0 Å². The maximum atomic E-state index is 13.5. The first-order valence-electron chi connectivity index (χ1n) is 11.6. The number of aryl methyl sites for hydroxylation is 3. The van der Waals surface area contributed by atoms with E-state index in [-0.39, 0.29) is 31.7 Å². The fourth-order valence-corrected chi connectivity index (χ4v) is 4.49. The van der Waals surface area contributed by atoms with Crippen molar-refractivity contribution in [2.75, 3.05) is 0 Å². The first-order valence-corrected chi connectivity index (χ1v) is 11.6. The zero-order valence-electron chi connectivity index (χ0n) is 20.7. The number of phenolic OH excluding ortho intramolecular Hbond substituents is 1. The molecule has 0 aliphatic heterocycles. The van der Waals surface area contributed by atoms with E-state index in [0.717, 1.165) is 49.8 Å². The molecule has 37 heavy (non-hydrogen) atoms. The number of para-hydroxylation sites is 1. The van der Waals surface area contributed by atoms with Gasteiger partial charge in [0, 0.05) is 45.7 Å². The number of rotatable bonds is 2. The Labute approximate surface area is 228 Å². The monoisotopic (exact) mass is 667 g/mol. The van der Waals surface area contributed by atoms with Crippen LogP contribution in [0, 0.1) is 25.7 Å². The standard InChI is InChI=1S/C21H15FN.C10H10N2O.Ir/c1-13-9-14(2)11-16(10-13)21-20-5-3-15-12-17(22)4-6-18(15)19(20)7-8-23-21;1-12-7-6-11-10(12)8-4-2-3-5-9(8)13;/h3-10,12H,1-2H3;2-7,13H,1H3;/q-1;;. The normalized spacial score (nSPS) is 10.6. The molecule has 1 N–H and O–H groups in total. The first-order chi connectivity index (χ1) is 17.4. The molecule has 0 spiro atoms. The first kappa shape index (κ1) is 26.2. The minimum Gasteiger partial charge on any atom is -0.507 e. The molecule has 0 fully saturated rings. The topological polar surface area (TPSA) is 50.9 Å². The molecule has 6 heteroatoms. The van der Waals surface area contributed by atoms with Gasteiger partial charge in [0.1, 0.15) is 17.4 Å². The number of imidazole rings is 1. The van der Waals surface area contributed by atoms with Gasteiger partial charge < -0.3 is 14.7 Å². The number of aromatic nitrogens is 3. The molecular formula is C31H25FIrN3O-. The third-order valence-corrected chi connectivity index (χ3v) is 6.09. The van der Waals surface area contributed by atoms with Crippen molar-refractivity contribution in [3.8, 4) is 28.4 Å². The second-order valence-corrected chi connectivity index (χ2v) is 8.82. The third kappa shape index (κ3) is 5.46. The Hall–Kier alpha value is -3.86. The van der Waals surface area contributed by atoms with Crippen molar-refractivity contribution in [1.29, 1.82) is 0 Å². The van der Waals surface area contributed by atoms with Gasteiger partial charge in [-0.1, -0.05) is 44.2 Å². The number of pyridine rings is 1. The zero-order chi connectivity index (χ0) is 25.2. The number of benzene rings is 4. The second-order valence-electron chi connectivity index (χ2n) is 8.82. The Morgan fingerprint density at radius 2 is 1.62 bits per heavy atom. The number of nitrogens with zero attached hydrogens (tertiary/aromatic N) is 3. The fourth-order valence-electron chi connectivity index (χ4n) is 4.49. The molecule has 6 rings (SSSR count). The smallest absolute Gasteiger partial charge is 0.143 e. The van der Waals surface area contributed by atoms with Crippen LogP contribution in [0.1, 0.15) is 11.1 Å². The number of hydrogen-bond donors (Lipinski definition) is 1. The molecule has 6 aromatic rings. The van der Waals surface area contributed by atoms with Gasteiger partial charge in [-0.25, -0.2) is 9.37 Å². The van der Waals surface area contributed by atoms with Gasteiger partial charge in [0.25, 0.3) is 0 Å². The van der Waals surface area contributed by atoms with Crippen LogP contribution in [0.3, 0.4) is 0 Å². The second kappa shape index (κ2) is 11.0. The molecule has 0 bridgehead atoms. The Morgan fingerprint density at radius 1 is 0.838 bits per heavy atom. The third-order valence-electron chi connectivity index (χ3n) is 6.09. The Morgan fingerprint density at radius 3 is 2.35 bits per heavy atom. The molecule has 4 nitrogen and oxygen atoms in total. The van der Waals surface area contributed by atoms with Gasteiger partial charge >= 0.3 is 0 Å². The molecule has 0 amide bonds. The summed E-state index contributed by atoms with van der Waals surface area (Å²) in [5.41, 5.74) is 4.96. The maximum Gasteiger partial charge on any atom is 0.143 e. The van der Waals surface area contributed by atoms with E-state index in [1.807, 2.05) is 67.3 Å². The van der Waals surface area contributed by atoms with E-state index in [0.29, 0.717) is 0 Å². The van der Waals surface area contributed by atoms with Crippen molar-refractivity contribution in [3.63, 3.8) is 0 Å². The molecule has 0 atom stereocenters. The summed E-state index contributed by atoms with van der Waals surface area (Å²) in [7, 11) is 1.90. The Bertz CT molecular complexity index is 1690. The molecule has 0 saturated heterocycles. The van der Waals surface area contributed by atoms with E-state index in [2.05, 4.69) is 35.1 Å². The van der Waals surface area contributed by atoms with E-state index >= 15 is 0 Å². The number of halogens is 1. The van der Waals surface area contributed by atoms with Gasteiger partial charge in [0.2, 0.25) is 0 Å². The van der Waals surface area contributed by atoms with Crippen molar-refractivity contribution >= 4 is 21.5 Å². The molecule has 2 heterocycles. The predicted molar refractivity (Wildman–Crippen MR) is 143 cm³/mol. The van der Waals surface area contributed by atoms with Crippen molar-refractivity contribution in [3.05, 3.63) is 114 Å². The molecule has 2 aromatic heterocycles. The van der Waals surface area contributed by atoms with Crippen LogP contribution in [-0.4, -0.2) is 19.6 Å². The molecule has 0 saturated carbocycles. The molecule has 0 aliphatic carbocycles. The van der Waals surface area contributed by atoms with Crippen LogP contribution in [0.2, 0.25) is 0 Å². The van der Waals surface area contributed by atoms with Crippen LogP contribution in [0.4, 0.5) is 4.39 Å². The summed E-state index contributed by atoms with van der Waals surface area (Å²) in [6.45, 7) is 4.12. The summed E-state index contributed by atoms with van der Waals surface area (Å²) in [4.78, 5) is 8.73. The van der Waals surface area contributed by atoms with E-state index in [4.69, 9.17) is 0 Å². The van der Waals surface area contributed by atoms with Crippen LogP contribution in [0.25, 0.3) is 44.2 Å². The fraction of sp³-hybridized carbons (Fsp3) is 0.0968. The van der Waals surface area contributed by atoms with Gasteiger partial charge in [-0.15, -0.1) is 34.9 Å². The van der Waals surface area contributed by atoms with Crippen molar-refractivity contribution in [1.82, 2.24) is 14.5 Å². The minimum absolute atomic E-state index is 0. The van der Waals surface area contributed by atoms with Crippen molar-refractivity contribution in [2.45, 2.75) is 13.8 Å². The predicted octanol–water partition coefficient (Wildman–Crippen LogP) is 7.40. The quantitative estimate of drug-likeness (QED) is 0.155. The summed E-state index contributed by atoms with van der Waals surface area (Å²) < 4.78 is 15.3. The van der Waals surface area contributed by atoms with Crippen LogP contribution >= 0.6 is 0 Å².